The first-order valence-corrected chi connectivity index (χ1v) is 43.0. The SMILES string of the molecule is CCCCCCCCCCCCCCCCCCCCCC(=O)O[C@H](COC(=O)CCCCCCCCCCCCCCCCC(C)C)COP(=O)(O)OC[C@@H](O)COP(=O)(O)OC[C@@H](COC(=O)CCCCCCCCCCCC)OC(=O)CCCCCCCCC(C)CC. The average molecular weight is 1410 g/mol. The van der Waals surface area contributed by atoms with E-state index in [1.54, 1.807) is 0 Å². The summed E-state index contributed by atoms with van der Waals surface area (Å²) in [6.07, 6.45) is 57.0. The Balaban J connectivity index is 5.21. The normalized spacial score (nSPS) is 14.3. The number of carbonyl (C=O) groups is 4. The summed E-state index contributed by atoms with van der Waals surface area (Å²) in [5.74, 6) is -0.598. The number of hydrogen-bond donors (Lipinski definition) is 3. The number of ether oxygens (including phenoxy) is 4. The fourth-order valence-corrected chi connectivity index (χ4v) is 13.4. The Labute approximate surface area is 588 Å². The fourth-order valence-electron chi connectivity index (χ4n) is 11.8. The molecule has 6 atom stereocenters. The third kappa shape index (κ3) is 69.2. The molecule has 0 aliphatic rings. The lowest BCUT2D eigenvalue weighted by Crippen LogP contribution is -2.30. The van der Waals surface area contributed by atoms with Crippen molar-refractivity contribution in [3.63, 3.8) is 0 Å². The first-order chi connectivity index (χ1) is 46.4. The summed E-state index contributed by atoms with van der Waals surface area (Å²) in [5, 5.41) is 10.6. The van der Waals surface area contributed by atoms with Crippen molar-refractivity contribution in [1.82, 2.24) is 0 Å². The van der Waals surface area contributed by atoms with E-state index in [1.807, 2.05) is 0 Å². The molecule has 0 aromatic heterocycles. The van der Waals surface area contributed by atoms with Crippen LogP contribution < -0.4 is 0 Å². The number of carbonyl (C=O) groups excluding carboxylic acids is 4. The van der Waals surface area contributed by atoms with Crippen molar-refractivity contribution in [3.8, 4) is 0 Å². The van der Waals surface area contributed by atoms with E-state index in [4.69, 9.17) is 37.0 Å². The minimum absolute atomic E-state index is 0.103. The van der Waals surface area contributed by atoms with E-state index in [1.165, 1.54) is 218 Å². The molecule has 17 nitrogen and oxygen atoms in total. The van der Waals surface area contributed by atoms with E-state index in [0.717, 1.165) is 102 Å². The number of phosphoric acid groups is 2. The molecule has 3 unspecified atom stereocenters. The monoisotopic (exact) mass is 1410 g/mol. The quantitative estimate of drug-likeness (QED) is 0.0222. The van der Waals surface area contributed by atoms with Crippen molar-refractivity contribution in [3.05, 3.63) is 0 Å². The van der Waals surface area contributed by atoms with Crippen LogP contribution in [0.25, 0.3) is 0 Å². The highest BCUT2D eigenvalue weighted by Gasteiger charge is 2.30. The Kier molecular flexibility index (Phi) is 67.4. The van der Waals surface area contributed by atoms with Crippen LogP contribution in [0.4, 0.5) is 0 Å². The van der Waals surface area contributed by atoms with Crippen LogP contribution in [0.3, 0.4) is 0 Å². The summed E-state index contributed by atoms with van der Waals surface area (Å²) in [5.41, 5.74) is 0. The number of aliphatic hydroxyl groups excluding tert-OH is 1. The Morgan fingerprint density at radius 2 is 0.531 bits per heavy atom. The zero-order chi connectivity index (χ0) is 70.7. The van der Waals surface area contributed by atoms with Gasteiger partial charge in [-0.3, -0.25) is 37.3 Å². The van der Waals surface area contributed by atoms with Crippen LogP contribution >= 0.6 is 15.6 Å². The van der Waals surface area contributed by atoms with Gasteiger partial charge in [-0.1, -0.05) is 350 Å². The fraction of sp³-hybridized carbons (Fsp3) is 0.948. The number of esters is 4. The van der Waals surface area contributed by atoms with Crippen molar-refractivity contribution in [1.29, 1.82) is 0 Å². The van der Waals surface area contributed by atoms with Gasteiger partial charge in [-0.15, -0.1) is 0 Å². The zero-order valence-electron chi connectivity index (χ0n) is 62.7. The molecule has 0 aromatic carbocycles. The first-order valence-electron chi connectivity index (χ1n) is 40.0. The van der Waals surface area contributed by atoms with Crippen LogP contribution in [-0.4, -0.2) is 96.7 Å². The molecule has 570 valence electrons. The second-order valence-corrected chi connectivity index (χ2v) is 31.4. The predicted octanol–water partition coefficient (Wildman–Crippen LogP) is 22.7. The number of hydrogen-bond acceptors (Lipinski definition) is 15. The largest absolute Gasteiger partial charge is 0.472 e. The van der Waals surface area contributed by atoms with Crippen LogP contribution in [-0.2, 0) is 65.4 Å². The molecule has 0 aliphatic carbocycles. The Morgan fingerprint density at radius 1 is 0.302 bits per heavy atom. The molecule has 0 radical (unpaired) electrons. The van der Waals surface area contributed by atoms with Gasteiger partial charge in [0.15, 0.2) is 12.2 Å². The summed E-state index contributed by atoms with van der Waals surface area (Å²) in [4.78, 5) is 72.8. The molecule has 0 heterocycles. The maximum Gasteiger partial charge on any atom is 0.472 e. The van der Waals surface area contributed by atoms with E-state index < -0.39 is 97.5 Å². The molecule has 0 amide bonds. The second kappa shape index (κ2) is 68.8. The van der Waals surface area contributed by atoms with Crippen molar-refractivity contribution in [2.75, 3.05) is 39.6 Å². The van der Waals surface area contributed by atoms with Crippen LogP contribution in [0.15, 0.2) is 0 Å². The lowest BCUT2D eigenvalue weighted by atomic mass is 10.00. The van der Waals surface area contributed by atoms with E-state index in [0.29, 0.717) is 25.7 Å². The van der Waals surface area contributed by atoms with Gasteiger partial charge in [-0.2, -0.15) is 0 Å². The van der Waals surface area contributed by atoms with Crippen LogP contribution in [0.5, 0.6) is 0 Å². The van der Waals surface area contributed by atoms with Gasteiger partial charge in [0.1, 0.15) is 19.3 Å². The molecular weight excluding hydrogens is 1260 g/mol. The van der Waals surface area contributed by atoms with Crippen LogP contribution in [0, 0.1) is 11.8 Å². The van der Waals surface area contributed by atoms with E-state index >= 15 is 0 Å². The number of rotatable bonds is 76. The van der Waals surface area contributed by atoms with Gasteiger partial charge in [0.05, 0.1) is 26.4 Å². The standard InChI is InChI=1S/C77H150O17P2/c1-7-10-12-14-16-18-20-21-22-23-24-25-26-31-34-38-42-49-55-61-76(81)93-72(65-87-75(80)60-54-48-41-37-33-30-28-27-29-32-35-39-45-51-57-69(4)5)67-91-95(83,84)89-63-71(78)64-90-96(85,86)92-68-73(94-77(82)62-56-50-44-43-46-52-58-70(6)9-3)66-88-74(79)59-53-47-40-36-19-17-15-13-11-8-2/h69-73,78H,7-68H2,1-6H3,(H,83,84)(H,85,86)/t70?,71-,72-,73-/m1/s1. The third-order valence-corrected chi connectivity index (χ3v) is 20.2. The lowest BCUT2D eigenvalue weighted by Gasteiger charge is -2.21. The molecule has 0 bridgehead atoms. The van der Waals surface area contributed by atoms with Crippen LogP contribution in [0.1, 0.15) is 401 Å². The van der Waals surface area contributed by atoms with E-state index in [9.17, 15) is 43.2 Å². The summed E-state index contributed by atoms with van der Waals surface area (Å²) < 4.78 is 68.5. The molecule has 0 aromatic rings. The molecule has 3 N–H and O–H groups in total. The molecular formula is C77H150O17P2. The molecule has 0 saturated heterocycles. The number of unbranched alkanes of at least 4 members (excludes halogenated alkanes) is 45. The summed E-state index contributed by atoms with van der Waals surface area (Å²) >= 11 is 0. The average Bonchev–Trinajstić information content (AvgIpc) is 1.12. The maximum atomic E-state index is 13.1. The Hall–Kier alpha value is -1.94. The van der Waals surface area contributed by atoms with Crippen molar-refractivity contribution < 1.29 is 80.2 Å². The minimum Gasteiger partial charge on any atom is -0.462 e. The van der Waals surface area contributed by atoms with E-state index in [2.05, 4.69) is 41.5 Å². The van der Waals surface area contributed by atoms with Gasteiger partial charge in [-0.05, 0) is 37.5 Å². The highest BCUT2D eigenvalue weighted by Crippen LogP contribution is 2.45. The number of aliphatic hydroxyl groups is 1. The smallest absolute Gasteiger partial charge is 0.462 e. The molecule has 96 heavy (non-hydrogen) atoms. The third-order valence-electron chi connectivity index (χ3n) is 18.3. The molecule has 0 spiro atoms. The summed E-state index contributed by atoms with van der Waals surface area (Å²) in [7, 11) is -9.91. The molecule has 0 aliphatic heterocycles. The topological polar surface area (TPSA) is 237 Å². The van der Waals surface area contributed by atoms with Gasteiger partial charge >= 0.3 is 39.5 Å². The summed E-state index contributed by atoms with van der Waals surface area (Å²) in [6.45, 7) is 9.57. The minimum atomic E-state index is -4.96. The van der Waals surface area contributed by atoms with Gasteiger partial charge in [-0.25, -0.2) is 9.13 Å². The molecule has 0 rings (SSSR count). The van der Waals surface area contributed by atoms with Crippen molar-refractivity contribution in [2.45, 2.75) is 419 Å². The predicted molar refractivity (Wildman–Crippen MR) is 391 cm³/mol. The van der Waals surface area contributed by atoms with Crippen molar-refractivity contribution >= 4 is 39.5 Å². The van der Waals surface area contributed by atoms with E-state index in [-0.39, 0.29) is 25.7 Å². The zero-order valence-corrected chi connectivity index (χ0v) is 64.5. The van der Waals surface area contributed by atoms with Gasteiger partial charge in [0.25, 0.3) is 0 Å². The van der Waals surface area contributed by atoms with Gasteiger partial charge < -0.3 is 33.8 Å². The Bertz CT molecular complexity index is 1860. The number of phosphoric ester groups is 2. The second-order valence-electron chi connectivity index (χ2n) is 28.5. The molecule has 0 saturated carbocycles. The molecule has 19 heteroatoms. The highest BCUT2D eigenvalue weighted by molar-refractivity contribution is 7.47. The Morgan fingerprint density at radius 3 is 0.792 bits per heavy atom. The van der Waals surface area contributed by atoms with Gasteiger partial charge in [0.2, 0.25) is 0 Å². The van der Waals surface area contributed by atoms with Crippen molar-refractivity contribution in [2.24, 2.45) is 11.8 Å². The maximum absolute atomic E-state index is 13.1. The van der Waals surface area contributed by atoms with Crippen LogP contribution in [0.2, 0.25) is 0 Å². The summed E-state index contributed by atoms with van der Waals surface area (Å²) in [6, 6.07) is 0. The lowest BCUT2D eigenvalue weighted by molar-refractivity contribution is -0.161. The highest BCUT2D eigenvalue weighted by atomic mass is 31.2. The molecule has 0 fully saturated rings. The first kappa shape index (κ1) is 94.1. The van der Waals surface area contributed by atoms with Gasteiger partial charge in [0, 0.05) is 25.7 Å².